The quantitative estimate of drug-likeness (QED) is 0.178. The highest BCUT2D eigenvalue weighted by molar-refractivity contribution is 7.85. The lowest BCUT2D eigenvalue weighted by molar-refractivity contribution is 0.314. The van der Waals surface area contributed by atoms with Crippen molar-refractivity contribution in [2.45, 2.75) is 11.6 Å². The number of aromatic nitrogens is 4. The molecule has 0 bridgehead atoms. The van der Waals surface area contributed by atoms with E-state index in [1.165, 1.54) is 6.07 Å². The summed E-state index contributed by atoms with van der Waals surface area (Å²) in [6.45, 7) is 0.394. The molecule has 148 valence electrons. The Balaban J connectivity index is 1.77. The third-order valence-corrected chi connectivity index (χ3v) is 4.57. The fourth-order valence-electron chi connectivity index (χ4n) is 2.54. The number of nitrogens with one attached hydrogen (secondary N) is 1. The maximum Gasteiger partial charge on any atom is 0.328 e. The minimum atomic E-state index is -4.54. The maximum atomic E-state index is 11.3. The van der Waals surface area contributed by atoms with Crippen molar-refractivity contribution >= 4 is 32.9 Å². The summed E-state index contributed by atoms with van der Waals surface area (Å²) in [7, 11) is -4.54. The van der Waals surface area contributed by atoms with E-state index < -0.39 is 15.2 Å². The number of fused-ring (bicyclic) bond motifs is 1. The minimum absolute atomic E-state index is 0.0205. The highest BCUT2D eigenvalue weighted by atomic mass is 32.2. The van der Waals surface area contributed by atoms with E-state index in [2.05, 4.69) is 35.3 Å². The molecule has 3 aromatic heterocycles. The van der Waals surface area contributed by atoms with E-state index in [1.54, 1.807) is 0 Å². The van der Waals surface area contributed by atoms with Gasteiger partial charge in [-0.3, -0.25) is 4.55 Å². The van der Waals surface area contributed by atoms with E-state index in [-0.39, 0.29) is 34.3 Å². The number of benzene rings is 1. The van der Waals surface area contributed by atoms with Crippen molar-refractivity contribution in [1.29, 1.82) is 0 Å². The van der Waals surface area contributed by atoms with Gasteiger partial charge in [0.05, 0.1) is 0 Å². The summed E-state index contributed by atoms with van der Waals surface area (Å²) in [5, 5.41) is 13.4. The second kappa shape index (κ2) is 7.29. The molecule has 13 heteroatoms. The summed E-state index contributed by atoms with van der Waals surface area (Å²) in [5.41, 5.74) is 1.32. The van der Waals surface area contributed by atoms with Crippen LogP contribution < -0.4 is 11.2 Å². The molecule has 3 heterocycles. The van der Waals surface area contributed by atoms with Crippen molar-refractivity contribution < 1.29 is 22.0 Å². The van der Waals surface area contributed by atoms with Crippen LogP contribution in [0.4, 0.5) is 5.82 Å². The Morgan fingerprint density at radius 1 is 1.10 bits per heavy atom. The molecular formula is C16H13N7O5S. The predicted molar refractivity (Wildman–Crippen MR) is 99.5 cm³/mol. The average molecular weight is 415 g/mol. The minimum Gasteiger partial charge on any atom is -0.440 e. The van der Waals surface area contributed by atoms with E-state index in [4.69, 9.17) is 14.8 Å². The van der Waals surface area contributed by atoms with Crippen LogP contribution >= 0.6 is 0 Å². The zero-order valence-electron chi connectivity index (χ0n) is 14.6. The standard InChI is InChI=1S/C16H13N7O5S/c17-21-12(10-6-7-11(27-10)29(24,25)26)13-14(18-8-9-4-2-1-3-5-9)20-16-15(19-13)22-28-23-16/h1-7H,8,17H2,(H,18,20,23)(H,24,25,26). The van der Waals surface area contributed by atoms with Crippen LogP contribution in [0.15, 0.2) is 61.7 Å². The van der Waals surface area contributed by atoms with E-state index in [1.807, 2.05) is 30.3 Å². The molecule has 0 atom stereocenters. The van der Waals surface area contributed by atoms with Gasteiger partial charge in [0.1, 0.15) is 5.69 Å². The van der Waals surface area contributed by atoms with E-state index in [9.17, 15) is 8.42 Å². The van der Waals surface area contributed by atoms with Crippen molar-refractivity contribution in [1.82, 2.24) is 20.3 Å². The Kier molecular flexibility index (Phi) is 4.66. The van der Waals surface area contributed by atoms with Crippen molar-refractivity contribution in [3.05, 3.63) is 59.5 Å². The van der Waals surface area contributed by atoms with Gasteiger partial charge in [0.2, 0.25) is 16.4 Å². The summed E-state index contributed by atoms with van der Waals surface area (Å²) < 4.78 is 41.5. The molecule has 0 spiro atoms. The zero-order chi connectivity index (χ0) is 20.4. The van der Waals surface area contributed by atoms with Gasteiger partial charge in [-0.1, -0.05) is 30.3 Å². The summed E-state index contributed by atoms with van der Waals surface area (Å²) in [6.07, 6.45) is 0. The predicted octanol–water partition coefficient (Wildman–Crippen LogP) is 1.18. The molecule has 0 saturated carbocycles. The Bertz CT molecular complexity index is 1300. The number of furan rings is 1. The molecule has 12 nitrogen and oxygen atoms in total. The lowest BCUT2D eigenvalue weighted by Gasteiger charge is -2.10. The van der Waals surface area contributed by atoms with Crippen LogP contribution in [0.2, 0.25) is 0 Å². The largest absolute Gasteiger partial charge is 0.440 e. The molecule has 0 saturated heterocycles. The maximum absolute atomic E-state index is 11.3. The van der Waals surface area contributed by atoms with Crippen LogP contribution in [-0.4, -0.2) is 39.0 Å². The molecule has 4 aromatic rings. The fraction of sp³-hybridized carbons (Fsp3) is 0.0625. The van der Waals surface area contributed by atoms with Crippen LogP contribution in [0.25, 0.3) is 11.3 Å². The first-order chi connectivity index (χ1) is 14.0. The lowest BCUT2D eigenvalue weighted by atomic mass is 10.2. The molecule has 1 aromatic carbocycles. The number of hydrogen-bond acceptors (Lipinski definition) is 11. The van der Waals surface area contributed by atoms with Crippen molar-refractivity contribution in [3.63, 3.8) is 0 Å². The van der Waals surface area contributed by atoms with Crippen LogP contribution in [0.1, 0.15) is 17.0 Å². The molecule has 0 amide bonds. The Morgan fingerprint density at radius 3 is 2.48 bits per heavy atom. The third kappa shape index (κ3) is 3.76. The molecule has 29 heavy (non-hydrogen) atoms. The van der Waals surface area contributed by atoms with Crippen molar-refractivity contribution in [3.8, 4) is 0 Å². The van der Waals surface area contributed by atoms with Gasteiger partial charge in [-0.25, -0.2) is 14.6 Å². The number of hydrogen-bond donors (Lipinski definition) is 3. The van der Waals surface area contributed by atoms with Gasteiger partial charge in [0, 0.05) is 6.54 Å². The second-order valence-corrected chi connectivity index (χ2v) is 7.10. The summed E-state index contributed by atoms with van der Waals surface area (Å²) in [4.78, 5) is 8.60. The number of anilines is 1. The number of hydrazone groups is 1. The first-order valence-corrected chi connectivity index (χ1v) is 9.54. The van der Waals surface area contributed by atoms with Gasteiger partial charge in [-0.15, -0.1) is 0 Å². The zero-order valence-corrected chi connectivity index (χ0v) is 15.4. The average Bonchev–Trinajstić information content (AvgIpc) is 3.37. The Hall–Kier alpha value is -3.84. The van der Waals surface area contributed by atoms with Gasteiger partial charge in [0.15, 0.2) is 17.3 Å². The SMILES string of the molecule is NN=C(c1ccc(S(=O)(=O)O)o1)c1nc2nonc2nc1NCc1ccccc1. The fourth-order valence-corrected chi connectivity index (χ4v) is 2.97. The molecule has 0 unspecified atom stereocenters. The Labute approximate surface area is 163 Å². The summed E-state index contributed by atoms with van der Waals surface area (Å²) in [5.74, 6) is 5.71. The topological polar surface area (TPSA) is 183 Å². The highest BCUT2D eigenvalue weighted by Gasteiger charge is 2.24. The van der Waals surface area contributed by atoms with Crippen LogP contribution in [0, 0.1) is 0 Å². The van der Waals surface area contributed by atoms with E-state index in [0.29, 0.717) is 6.54 Å². The molecule has 4 N–H and O–H groups in total. The molecule has 0 aliphatic rings. The smallest absolute Gasteiger partial charge is 0.328 e. The first-order valence-electron chi connectivity index (χ1n) is 8.10. The van der Waals surface area contributed by atoms with Gasteiger partial charge in [0.25, 0.3) is 0 Å². The third-order valence-electron chi connectivity index (χ3n) is 3.84. The first kappa shape index (κ1) is 18.5. The Morgan fingerprint density at radius 2 is 1.83 bits per heavy atom. The van der Waals surface area contributed by atoms with E-state index >= 15 is 0 Å². The molecule has 0 aliphatic heterocycles. The van der Waals surface area contributed by atoms with Crippen molar-refractivity contribution in [2.75, 3.05) is 5.32 Å². The summed E-state index contributed by atoms with van der Waals surface area (Å²) in [6, 6.07) is 11.9. The van der Waals surface area contributed by atoms with Gasteiger partial charge < -0.3 is 15.6 Å². The molecular weight excluding hydrogens is 402 g/mol. The molecule has 4 rings (SSSR count). The second-order valence-electron chi connectivity index (χ2n) is 5.74. The number of nitrogens with two attached hydrogens (primary N) is 1. The van der Waals surface area contributed by atoms with Gasteiger partial charge in [-0.05, 0) is 28.0 Å². The normalized spacial score (nSPS) is 12.4. The molecule has 0 aliphatic carbocycles. The van der Waals surface area contributed by atoms with Crippen LogP contribution in [0.3, 0.4) is 0 Å². The van der Waals surface area contributed by atoms with Crippen LogP contribution in [-0.2, 0) is 16.7 Å². The van der Waals surface area contributed by atoms with Gasteiger partial charge >= 0.3 is 10.1 Å². The monoisotopic (exact) mass is 415 g/mol. The number of nitrogens with zero attached hydrogens (tertiary/aromatic N) is 5. The van der Waals surface area contributed by atoms with Gasteiger partial charge in [-0.2, -0.15) is 13.5 Å². The van der Waals surface area contributed by atoms with Crippen LogP contribution in [0.5, 0.6) is 0 Å². The molecule has 0 radical (unpaired) electrons. The highest BCUT2D eigenvalue weighted by Crippen LogP contribution is 2.22. The van der Waals surface area contributed by atoms with E-state index in [0.717, 1.165) is 11.6 Å². The lowest BCUT2D eigenvalue weighted by Crippen LogP contribution is -2.14. The van der Waals surface area contributed by atoms with Crippen molar-refractivity contribution in [2.24, 2.45) is 10.9 Å². The number of rotatable bonds is 6. The summed E-state index contributed by atoms with van der Waals surface area (Å²) >= 11 is 0. The molecule has 0 fully saturated rings.